The predicted octanol–water partition coefficient (Wildman–Crippen LogP) is 2.49. The fraction of sp³-hybridized carbons (Fsp3) is 0.278. The summed E-state index contributed by atoms with van der Waals surface area (Å²) < 4.78 is 5.39. The zero-order valence-electron chi connectivity index (χ0n) is 13.9. The first kappa shape index (κ1) is 16.2. The van der Waals surface area contributed by atoms with Crippen molar-refractivity contribution < 1.29 is 14.4 Å². The molecule has 0 amide bonds. The SMILES string of the molecule is O=C(O)C1CCN(c2cc(-c3nc(-c4ccncc4)no3)ccn2)CC1. The largest absolute Gasteiger partial charge is 0.481 e. The number of anilines is 1. The molecule has 1 saturated heterocycles. The molecule has 1 N–H and O–H groups in total. The number of aromatic nitrogens is 4. The molecule has 26 heavy (non-hydrogen) atoms. The van der Waals surface area contributed by atoms with E-state index in [2.05, 4.69) is 25.0 Å². The fourth-order valence-corrected chi connectivity index (χ4v) is 3.04. The number of aliphatic carboxylic acids is 1. The van der Waals surface area contributed by atoms with Crippen molar-refractivity contribution in [1.29, 1.82) is 0 Å². The molecule has 0 saturated carbocycles. The van der Waals surface area contributed by atoms with Crippen molar-refractivity contribution in [3.8, 4) is 22.8 Å². The number of carbonyl (C=O) groups is 1. The van der Waals surface area contributed by atoms with E-state index in [0.29, 0.717) is 37.6 Å². The highest BCUT2D eigenvalue weighted by Crippen LogP contribution is 2.27. The van der Waals surface area contributed by atoms with Crippen LogP contribution in [-0.2, 0) is 4.79 Å². The Hall–Kier alpha value is -3.29. The number of hydrogen-bond donors (Lipinski definition) is 1. The van der Waals surface area contributed by atoms with Gasteiger partial charge in [0.05, 0.1) is 5.92 Å². The molecule has 3 aromatic heterocycles. The monoisotopic (exact) mass is 351 g/mol. The van der Waals surface area contributed by atoms with Gasteiger partial charge in [-0.05, 0) is 37.1 Å². The molecule has 132 valence electrons. The minimum atomic E-state index is -0.721. The Morgan fingerprint density at radius 3 is 2.58 bits per heavy atom. The Morgan fingerprint density at radius 2 is 1.85 bits per heavy atom. The van der Waals surface area contributed by atoms with E-state index in [1.165, 1.54) is 0 Å². The van der Waals surface area contributed by atoms with Gasteiger partial charge >= 0.3 is 5.97 Å². The minimum Gasteiger partial charge on any atom is -0.481 e. The van der Waals surface area contributed by atoms with Crippen molar-refractivity contribution >= 4 is 11.8 Å². The van der Waals surface area contributed by atoms with Crippen molar-refractivity contribution in [2.45, 2.75) is 12.8 Å². The summed E-state index contributed by atoms with van der Waals surface area (Å²) in [7, 11) is 0. The maximum Gasteiger partial charge on any atom is 0.306 e. The normalized spacial score (nSPS) is 15.2. The van der Waals surface area contributed by atoms with Crippen molar-refractivity contribution in [1.82, 2.24) is 20.1 Å². The summed E-state index contributed by atoms with van der Waals surface area (Å²) >= 11 is 0. The van der Waals surface area contributed by atoms with Gasteiger partial charge in [-0.15, -0.1) is 0 Å². The van der Waals surface area contributed by atoms with E-state index in [9.17, 15) is 4.79 Å². The molecule has 0 radical (unpaired) electrons. The second-order valence-electron chi connectivity index (χ2n) is 6.16. The third kappa shape index (κ3) is 3.26. The number of rotatable bonds is 4. The molecule has 3 aromatic rings. The molecule has 0 spiro atoms. The molecular weight excluding hydrogens is 334 g/mol. The van der Waals surface area contributed by atoms with Crippen LogP contribution in [0.25, 0.3) is 22.8 Å². The van der Waals surface area contributed by atoms with Crippen LogP contribution in [0, 0.1) is 5.92 Å². The summed E-state index contributed by atoms with van der Waals surface area (Å²) in [6, 6.07) is 7.35. The van der Waals surface area contributed by atoms with Crippen molar-refractivity contribution in [2.24, 2.45) is 5.92 Å². The highest BCUT2D eigenvalue weighted by Gasteiger charge is 2.25. The van der Waals surface area contributed by atoms with Gasteiger partial charge in [0.1, 0.15) is 5.82 Å². The summed E-state index contributed by atoms with van der Waals surface area (Å²) in [6.07, 6.45) is 6.29. The molecule has 0 aliphatic carbocycles. The Bertz CT molecular complexity index is 904. The van der Waals surface area contributed by atoms with Gasteiger partial charge in [-0.1, -0.05) is 5.16 Å². The first-order valence-electron chi connectivity index (χ1n) is 8.39. The molecule has 0 unspecified atom stereocenters. The van der Waals surface area contributed by atoms with Crippen LogP contribution in [0.1, 0.15) is 12.8 Å². The lowest BCUT2D eigenvalue weighted by Gasteiger charge is -2.31. The van der Waals surface area contributed by atoms with Gasteiger partial charge in [0.2, 0.25) is 5.82 Å². The number of carboxylic acid groups (broad SMARTS) is 1. The van der Waals surface area contributed by atoms with Gasteiger partial charge < -0.3 is 14.5 Å². The molecule has 0 atom stereocenters. The lowest BCUT2D eigenvalue weighted by Crippen LogP contribution is -2.36. The highest BCUT2D eigenvalue weighted by molar-refractivity contribution is 5.70. The van der Waals surface area contributed by atoms with Crippen LogP contribution in [0.2, 0.25) is 0 Å². The molecule has 1 aliphatic rings. The van der Waals surface area contributed by atoms with E-state index in [1.807, 2.05) is 24.3 Å². The number of piperidine rings is 1. The Morgan fingerprint density at radius 1 is 1.12 bits per heavy atom. The first-order valence-corrected chi connectivity index (χ1v) is 8.39. The van der Waals surface area contributed by atoms with Gasteiger partial charge in [0.15, 0.2) is 0 Å². The third-order valence-corrected chi connectivity index (χ3v) is 4.53. The third-order valence-electron chi connectivity index (χ3n) is 4.53. The highest BCUT2D eigenvalue weighted by atomic mass is 16.5. The molecule has 8 heteroatoms. The van der Waals surface area contributed by atoms with Crippen molar-refractivity contribution in [3.63, 3.8) is 0 Å². The van der Waals surface area contributed by atoms with E-state index < -0.39 is 5.97 Å². The topological polar surface area (TPSA) is 105 Å². The first-order chi connectivity index (χ1) is 12.7. The maximum absolute atomic E-state index is 11.1. The lowest BCUT2D eigenvalue weighted by molar-refractivity contribution is -0.142. The smallest absolute Gasteiger partial charge is 0.306 e. The van der Waals surface area contributed by atoms with Crippen LogP contribution in [0.15, 0.2) is 47.4 Å². The van der Waals surface area contributed by atoms with Crippen molar-refractivity contribution in [2.75, 3.05) is 18.0 Å². The second-order valence-corrected chi connectivity index (χ2v) is 6.16. The summed E-state index contributed by atoms with van der Waals surface area (Å²) in [5.41, 5.74) is 1.61. The van der Waals surface area contributed by atoms with Gasteiger partial charge in [0.25, 0.3) is 5.89 Å². The average molecular weight is 351 g/mol. The zero-order valence-corrected chi connectivity index (χ0v) is 13.9. The molecule has 1 fully saturated rings. The van der Waals surface area contributed by atoms with E-state index in [0.717, 1.165) is 16.9 Å². The summed E-state index contributed by atoms with van der Waals surface area (Å²) in [4.78, 5) is 26.0. The molecule has 0 bridgehead atoms. The van der Waals surface area contributed by atoms with E-state index in [4.69, 9.17) is 9.63 Å². The van der Waals surface area contributed by atoms with Gasteiger partial charge in [-0.3, -0.25) is 9.78 Å². The zero-order chi connectivity index (χ0) is 17.9. The van der Waals surface area contributed by atoms with Crippen LogP contribution in [-0.4, -0.2) is 44.3 Å². The standard InChI is InChI=1S/C18H17N5O3/c24-18(25)13-4-9-23(10-5-13)15-11-14(3-8-20-15)17-21-16(22-26-17)12-1-6-19-7-2-12/h1-3,6-8,11,13H,4-5,9-10H2,(H,24,25). The molecule has 1 aliphatic heterocycles. The summed E-state index contributed by atoms with van der Waals surface area (Å²) in [5.74, 6) is 0.716. The maximum atomic E-state index is 11.1. The van der Waals surface area contributed by atoms with E-state index >= 15 is 0 Å². The summed E-state index contributed by atoms with van der Waals surface area (Å²) in [5, 5.41) is 13.1. The minimum absolute atomic E-state index is 0.270. The van der Waals surface area contributed by atoms with Crippen LogP contribution in [0.4, 0.5) is 5.82 Å². The van der Waals surface area contributed by atoms with Crippen LogP contribution in [0.5, 0.6) is 0 Å². The van der Waals surface area contributed by atoms with Crippen molar-refractivity contribution in [3.05, 3.63) is 42.9 Å². The van der Waals surface area contributed by atoms with Gasteiger partial charge in [-0.25, -0.2) is 4.98 Å². The van der Waals surface area contributed by atoms with Crippen LogP contribution < -0.4 is 4.90 Å². The number of hydrogen-bond acceptors (Lipinski definition) is 7. The molecule has 4 heterocycles. The molecule has 8 nitrogen and oxygen atoms in total. The predicted molar refractivity (Wildman–Crippen MR) is 93.3 cm³/mol. The summed E-state index contributed by atoms with van der Waals surface area (Å²) in [6.45, 7) is 1.33. The Kier molecular flexibility index (Phi) is 4.30. The number of nitrogens with zero attached hydrogens (tertiary/aromatic N) is 5. The lowest BCUT2D eigenvalue weighted by atomic mass is 9.97. The second kappa shape index (κ2) is 6.91. The number of carboxylic acids is 1. The average Bonchev–Trinajstić information content (AvgIpc) is 3.19. The Labute approximate surface area is 149 Å². The van der Waals surface area contributed by atoms with Gasteiger partial charge in [0, 0.05) is 42.8 Å². The van der Waals surface area contributed by atoms with E-state index in [1.54, 1.807) is 18.6 Å². The molecular formula is C18H17N5O3. The van der Waals surface area contributed by atoms with Gasteiger partial charge in [-0.2, -0.15) is 4.98 Å². The molecule has 0 aromatic carbocycles. The Balaban J connectivity index is 1.53. The quantitative estimate of drug-likeness (QED) is 0.764. The molecule has 4 rings (SSSR count). The van der Waals surface area contributed by atoms with Crippen LogP contribution >= 0.6 is 0 Å². The fourth-order valence-electron chi connectivity index (χ4n) is 3.04. The van der Waals surface area contributed by atoms with Crippen LogP contribution in [0.3, 0.4) is 0 Å². The number of pyridine rings is 2. The van der Waals surface area contributed by atoms with E-state index in [-0.39, 0.29) is 5.92 Å².